The lowest BCUT2D eigenvalue weighted by molar-refractivity contribution is -0.114. The van der Waals surface area contributed by atoms with Crippen LogP contribution in [0, 0.1) is 6.92 Å². The molecule has 2 heterocycles. The number of nitrogens with one attached hydrogen (secondary N) is 2. The molecule has 37 heavy (non-hydrogen) atoms. The summed E-state index contributed by atoms with van der Waals surface area (Å²) in [6, 6.07) is 13.8. The number of allylic oxidation sites excluding steroid dienone is 2. The fraction of sp³-hybridized carbons (Fsp3) is 0.333. The van der Waals surface area contributed by atoms with Crippen molar-refractivity contribution in [3.63, 3.8) is 0 Å². The van der Waals surface area contributed by atoms with Gasteiger partial charge in [0, 0.05) is 59.3 Å². The summed E-state index contributed by atoms with van der Waals surface area (Å²) in [5.41, 5.74) is 6.63. The van der Waals surface area contributed by atoms with Crippen molar-refractivity contribution in [1.29, 1.82) is 0 Å². The number of rotatable bonds is 6. The van der Waals surface area contributed by atoms with Gasteiger partial charge in [0.2, 0.25) is 0 Å². The first kappa shape index (κ1) is 26.7. The molecule has 1 saturated heterocycles. The molecule has 4 rings (SSSR count). The van der Waals surface area contributed by atoms with Gasteiger partial charge in [0.15, 0.2) is 0 Å². The first-order valence-corrected chi connectivity index (χ1v) is 13.2. The topological polar surface area (TPSA) is 60.0 Å². The number of hydrogen-bond acceptors (Lipinski definition) is 5. The Morgan fingerprint density at radius 2 is 1.89 bits per heavy atom. The Morgan fingerprint density at radius 1 is 1.16 bits per heavy atom. The van der Waals surface area contributed by atoms with Crippen molar-refractivity contribution in [2.45, 2.75) is 34.1 Å². The number of likely N-dealkylation sites (N-methyl/N-ethyl adjacent to an activating group) is 1. The van der Waals surface area contributed by atoms with E-state index in [4.69, 9.17) is 16.6 Å². The van der Waals surface area contributed by atoms with Crippen LogP contribution in [0.2, 0.25) is 5.02 Å². The van der Waals surface area contributed by atoms with Crippen LogP contribution in [-0.2, 0) is 4.79 Å². The van der Waals surface area contributed by atoms with Gasteiger partial charge in [0.25, 0.3) is 5.91 Å². The molecule has 0 radical (unpaired) electrons. The van der Waals surface area contributed by atoms with E-state index in [0.29, 0.717) is 22.0 Å². The lowest BCUT2D eigenvalue weighted by Crippen LogP contribution is -2.44. The Morgan fingerprint density at radius 3 is 2.54 bits per heavy atom. The molecule has 1 amide bonds. The molecule has 2 aromatic carbocycles. The van der Waals surface area contributed by atoms with Gasteiger partial charge in [-0.1, -0.05) is 42.8 Å². The number of anilines is 2. The molecule has 2 aliphatic rings. The zero-order valence-electron chi connectivity index (χ0n) is 22.4. The fourth-order valence-electron chi connectivity index (χ4n) is 4.51. The van der Waals surface area contributed by atoms with Crippen LogP contribution >= 0.6 is 11.6 Å². The summed E-state index contributed by atoms with van der Waals surface area (Å²) in [5.74, 6) is 1.03. The molecule has 0 atom stereocenters. The molecule has 7 heteroatoms. The fourth-order valence-corrected chi connectivity index (χ4v) is 4.75. The van der Waals surface area contributed by atoms with Crippen LogP contribution in [0.25, 0.3) is 5.57 Å². The first-order chi connectivity index (χ1) is 17.8. The molecule has 0 spiro atoms. The first-order valence-electron chi connectivity index (χ1n) is 12.8. The van der Waals surface area contributed by atoms with Gasteiger partial charge in [0.05, 0.1) is 0 Å². The van der Waals surface area contributed by atoms with Crippen LogP contribution in [0.4, 0.5) is 11.4 Å². The van der Waals surface area contributed by atoms with E-state index in [0.717, 1.165) is 55.3 Å². The smallest absolute Gasteiger partial charge is 0.257 e. The molecule has 0 saturated carbocycles. The molecular formula is C30H36ClN5O. The lowest BCUT2D eigenvalue weighted by atomic mass is 9.98. The highest BCUT2D eigenvalue weighted by Crippen LogP contribution is 2.29. The third kappa shape index (κ3) is 6.14. The van der Waals surface area contributed by atoms with Crippen molar-refractivity contribution in [2.24, 2.45) is 4.99 Å². The SMILES string of the molecule is C/C=C1/C=C(c2ccccc2Cl)C(=O)N/C1=N/C(Nc1ccc(N2CCN(C)CC2)c(C)c1)=C(\C)CC. The zero-order valence-corrected chi connectivity index (χ0v) is 23.1. The Bertz CT molecular complexity index is 1300. The summed E-state index contributed by atoms with van der Waals surface area (Å²) in [6.07, 6.45) is 4.63. The predicted molar refractivity (Wildman–Crippen MR) is 156 cm³/mol. The van der Waals surface area contributed by atoms with Crippen LogP contribution < -0.4 is 15.5 Å². The number of piperazine rings is 1. The summed E-state index contributed by atoms with van der Waals surface area (Å²) < 4.78 is 0. The van der Waals surface area contributed by atoms with E-state index in [-0.39, 0.29) is 5.91 Å². The Labute approximate surface area is 225 Å². The van der Waals surface area contributed by atoms with Gasteiger partial charge in [-0.3, -0.25) is 4.79 Å². The number of carbonyl (C=O) groups is 1. The number of amides is 1. The number of aryl methyl sites for hydroxylation is 1. The monoisotopic (exact) mass is 517 g/mol. The Balaban J connectivity index is 1.61. The molecule has 6 nitrogen and oxygen atoms in total. The number of carbonyl (C=O) groups excluding carboxylic acids is 1. The highest BCUT2D eigenvalue weighted by molar-refractivity contribution is 6.37. The largest absolute Gasteiger partial charge is 0.369 e. The van der Waals surface area contributed by atoms with E-state index < -0.39 is 0 Å². The minimum Gasteiger partial charge on any atom is -0.369 e. The second-order valence-electron chi connectivity index (χ2n) is 9.60. The number of nitrogens with zero attached hydrogens (tertiary/aromatic N) is 3. The summed E-state index contributed by atoms with van der Waals surface area (Å²) in [5, 5.41) is 7.04. The zero-order chi connectivity index (χ0) is 26.5. The average molecular weight is 518 g/mol. The Kier molecular flexibility index (Phi) is 8.52. The number of halogens is 1. The predicted octanol–water partition coefficient (Wildman–Crippen LogP) is 6.01. The number of aliphatic imine (C=N–C) groups is 1. The van der Waals surface area contributed by atoms with Gasteiger partial charge in [-0.25, -0.2) is 4.99 Å². The third-order valence-corrected chi connectivity index (χ3v) is 7.32. The molecule has 0 bridgehead atoms. The second-order valence-corrected chi connectivity index (χ2v) is 10.0. The Hall–Kier alpha value is -3.35. The van der Waals surface area contributed by atoms with Crippen molar-refractivity contribution in [1.82, 2.24) is 10.2 Å². The summed E-state index contributed by atoms with van der Waals surface area (Å²) in [4.78, 5) is 22.8. The summed E-state index contributed by atoms with van der Waals surface area (Å²) in [6.45, 7) is 12.5. The highest BCUT2D eigenvalue weighted by atomic mass is 35.5. The quantitative estimate of drug-likeness (QED) is 0.492. The standard InChI is InChI=1S/C30H36ClN5O/c1-6-20(3)28(32-23-12-13-27(21(4)18-23)36-16-14-35(5)15-17-36)33-29-22(7-2)19-25(30(37)34-29)24-10-8-9-11-26(24)31/h7-13,18-19,32H,6,14-17H2,1-5H3,(H,33,34,37)/b22-7-,28-20+. The highest BCUT2D eigenvalue weighted by Gasteiger charge is 2.24. The van der Waals surface area contributed by atoms with Gasteiger partial charge < -0.3 is 20.4 Å². The summed E-state index contributed by atoms with van der Waals surface area (Å²) >= 11 is 6.37. The number of amidine groups is 1. The third-order valence-electron chi connectivity index (χ3n) is 6.99. The second kappa shape index (κ2) is 11.8. The minimum atomic E-state index is -0.224. The van der Waals surface area contributed by atoms with Gasteiger partial charge in [-0.05, 0) is 75.7 Å². The molecular weight excluding hydrogens is 482 g/mol. The average Bonchev–Trinajstić information content (AvgIpc) is 2.89. The van der Waals surface area contributed by atoms with E-state index in [1.165, 1.54) is 11.3 Å². The van der Waals surface area contributed by atoms with E-state index in [1.54, 1.807) is 6.07 Å². The van der Waals surface area contributed by atoms with Crippen LogP contribution in [-0.4, -0.2) is 49.9 Å². The molecule has 194 valence electrons. The molecule has 0 unspecified atom stereocenters. The minimum absolute atomic E-state index is 0.224. The number of hydrogen-bond donors (Lipinski definition) is 2. The van der Waals surface area contributed by atoms with E-state index in [2.05, 4.69) is 66.5 Å². The molecule has 2 aromatic rings. The van der Waals surface area contributed by atoms with Crippen molar-refractivity contribution in [3.05, 3.63) is 87.7 Å². The lowest BCUT2D eigenvalue weighted by Gasteiger charge is -2.35. The maximum absolute atomic E-state index is 13.1. The number of benzene rings is 2. The van der Waals surface area contributed by atoms with Crippen LogP contribution in [0.1, 0.15) is 38.3 Å². The van der Waals surface area contributed by atoms with Crippen LogP contribution in [0.3, 0.4) is 0 Å². The van der Waals surface area contributed by atoms with Gasteiger partial charge in [0.1, 0.15) is 11.7 Å². The molecule has 1 fully saturated rings. The summed E-state index contributed by atoms with van der Waals surface area (Å²) in [7, 11) is 2.17. The van der Waals surface area contributed by atoms with Crippen LogP contribution in [0.15, 0.2) is 76.6 Å². The van der Waals surface area contributed by atoms with E-state index in [9.17, 15) is 4.79 Å². The van der Waals surface area contributed by atoms with Crippen molar-refractivity contribution >= 4 is 40.3 Å². The maximum atomic E-state index is 13.1. The van der Waals surface area contributed by atoms with Gasteiger partial charge in [-0.15, -0.1) is 0 Å². The maximum Gasteiger partial charge on any atom is 0.257 e. The van der Waals surface area contributed by atoms with Crippen molar-refractivity contribution in [2.75, 3.05) is 43.4 Å². The van der Waals surface area contributed by atoms with E-state index >= 15 is 0 Å². The molecule has 0 aromatic heterocycles. The van der Waals surface area contributed by atoms with Crippen molar-refractivity contribution < 1.29 is 4.79 Å². The van der Waals surface area contributed by atoms with Crippen LogP contribution in [0.5, 0.6) is 0 Å². The van der Waals surface area contributed by atoms with Gasteiger partial charge in [-0.2, -0.15) is 0 Å². The normalized spacial score (nSPS) is 19.6. The molecule has 2 N–H and O–H groups in total. The van der Waals surface area contributed by atoms with Gasteiger partial charge >= 0.3 is 0 Å². The van der Waals surface area contributed by atoms with E-state index in [1.807, 2.05) is 37.3 Å². The molecule has 2 aliphatic heterocycles. The molecule has 0 aliphatic carbocycles. The van der Waals surface area contributed by atoms with Crippen molar-refractivity contribution in [3.8, 4) is 0 Å².